The van der Waals surface area contributed by atoms with E-state index in [4.69, 9.17) is 15.1 Å². The van der Waals surface area contributed by atoms with E-state index in [0.717, 1.165) is 23.6 Å². The summed E-state index contributed by atoms with van der Waals surface area (Å²) in [5.74, 6) is 0. The smallest absolute Gasteiger partial charge is 0.389 e. The van der Waals surface area contributed by atoms with Gasteiger partial charge >= 0.3 is 16.4 Å². The van der Waals surface area contributed by atoms with Gasteiger partial charge in [0.2, 0.25) is 0 Å². The third kappa shape index (κ3) is 2.47. The summed E-state index contributed by atoms with van der Waals surface area (Å²) in [6.07, 6.45) is 3.35. The minimum absolute atomic E-state index is 0.132. The molecule has 1 saturated carbocycles. The fourth-order valence-corrected chi connectivity index (χ4v) is 4.41. The molecule has 10 nitrogen and oxygen atoms in total. The van der Waals surface area contributed by atoms with Gasteiger partial charge in [0.1, 0.15) is 5.60 Å². The van der Waals surface area contributed by atoms with Crippen molar-refractivity contribution < 1.29 is 26.9 Å². The zero-order chi connectivity index (χ0) is 16.4. The minimum atomic E-state index is -4.73. The molecule has 0 aromatic carbocycles. The van der Waals surface area contributed by atoms with E-state index in [-0.39, 0.29) is 17.7 Å². The maximum absolute atomic E-state index is 12.4. The Hall–Kier alpha value is -1.43. The number of rotatable bonds is 3. The number of carbonyl (C=O) groups excluding carboxylic acids is 1. The molecule has 2 bridgehead atoms. The summed E-state index contributed by atoms with van der Waals surface area (Å²) < 4.78 is 35.0. The highest BCUT2D eigenvalue weighted by Gasteiger charge is 2.54. The van der Waals surface area contributed by atoms with Crippen LogP contribution in [0, 0.1) is 0 Å². The van der Waals surface area contributed by atoms with Crippen LogP contribution in [0.25, 0.3) is 0 Å². The van der Waals surface area contributed by atoms with E-state index >= 15 is 0 Å². The summed E-state index contributed by atoms with van der Waals surface area (Å²) in [6.45, 7) is 0.338. The fourth-order valence-electron chi connectivity index (χ4n) is 4.02. The first-order valence-corrected chi connectivity index (χ1v) is 8.90. The van der Waals surface area contributed by atoms with Gasteiger partial charge in [-0.1, -0.05) is 5.16 Å². The number of nitrogens with two attached hydrogens (primary N) is 1. The number of piperidine rings is 1. The lowest BCUT2D eigenvalue weighted by Crippen LogP contribution is -2.53. The van der Waals surface area contributed by atoms with Gasteiger partial charge in [0.05, 0.1) is 17.8 Å². The largest absolute Gasteiger partial charge is 0.418 e. The molecule has 0 radical (unpaired) electrons. The van der Waals surface area contributed by atoms with Crippen molar-refractivity contribution in [2.24, 2.45) is 10.9 Å². The van der Waals surface area contributed by atoms with Crippen LogP contribution in [0.3, 0.4) is 0 Å². The average molecular weight is 346 g/mol. The van der Waals surface area contributed by atoms with Crippen LogP contribution in [0.15, 0.2) is 5.16 Å². The van der Waals surface area contributed by atoms with Gasteiger partial charge in [-0.05, 0) is 12.8 Å². The first kappa shape index (κ1) is 15.1. The molecular formula is C12H18N4O6S. The SMILES string of the molecule is NC1CC2(CC([C@@H]3CC[C@@H]4CN3C(=O)N4OS(=O)(=O)O)=NO2)C1. The number of hydroxylamine groups is 2. The summed E-state index contributed by atoms with van der Waals surface area (Å²) in [4.78, 5) is 19.4. The summed E-state index contributed by atoms with van der Waals surface area (Å²) in [7, 11) is -4.73. The standard InChI is InChI=1S/C12H18N4O6S/c13-7-3-12(4-7)5-9(14-21-12)10-2-1-8-6-15(10)11(17)16(8)22-23(18,19)20/h7-8,10H,1-6,13H2,(H,18,19,20)/t7?,8-,10+,12?/m1/s1. The highest BCUT2D eigenvalue weighted by atomic mass is 32.3. The Labute approximate surface area is 133 Å². The molecule has 1 aliphatic carbocycles. The molecule has 0 unspecified atom stereocenters. The van der Waals surface area contributed by atoms with Gasteiger partial charge in [-0.25, -0.2) is 4.79 Å². The Morgan fingerprint density at radius 1 is 1.39 bits per heavy atom. The summed E-state index contributed by atoms with van der Waals surface area (Å²) in [5.41, 5.74) is 6.29. The predicted molar refractivity (Wildman–Crippen MR) is 76.5 cm³/mol. The lowest BCUT2D eigenvalue weighted by Gasteiger charge is -2.40. The monoisotopic (exact) mass is 346 g/mol. The third-order valence-corrected chi connectivity index (χ3v) is 5.36. The number of amides is 2. The van der Waals surface area contributed by atoms with Crippen LogP contribution in [0.4, 0.5) is 4.79 Å². The van der Waals surface area contributed by atoms with E-state index in [0.29, 0.717) is 25.8 Å². The zero-order valence-corrected chi connectivity index (χ0v) is 13.1. The molecule has 3 N–H and O–H groups in total. The summed E-state index contributed by atoms with van der Waals surface area (Å²) in [6, 6.07) is -1.07. The van der Waals surface area contributed by atoms with Gasteiger partial charge in [-0.15, -0.1) is 4.28 Å². The Morgan fingerprint density at radius 2 is 2.13 bits per heavy atom. The first-order chi connectivity index (χ1) is 10.8. The molecule has 23 heavy (non-hydrogen) atoms. The maximum Gasteiger partial charge on any atom is 0.418 e. The number of hydrogen-bond acceptors (Lipinski definition) is 7. The van der Waals surface area contributed by atoms with Gasteiger partial charge in [-0.3, -0.25) is 4.55 Å². The number of nitrogens with zero attached hydrogens (tertiary/aromatic N) is 3. The van der Waals surface area contributed by atoms with Crippen LogP contribution in [0.1, 0.15) is 32.1 Å². The Kier molecular flexibility index (Phi) is 3.15. The number of carbonyl (C=O) groups is 1. The van der Waals surface area contributed by atoms with Crippen molar-refractivity contribution in [1.29, 1.82) is 0 Å². The van der Waals surface area contributed by atoms with E-state index in [1.807, 2.05) is 0 Å². The van der Waals surface area contributed by atoms with Crippen molar-refractivity contribution in [3.63, 3.8) is 0 Å². The van der Waals surface area contributed by atoms with Crippen molar-refractivity contribution >= 4 is 22.1 Å². The zero-order valence-electron chi connectivity index (χ0n) is 12.3. The van der Waals surface area contributed by atoms with Crippen molar-refractivity contribution in [3.05, 3.63) is 0 Å². The van der Waals surface area contributed by atoms with Crippen molar-refractivity contribution in [3.8, 4) is 0 Å². The van der Waals surface area contributed by atoms with Gasteiger partial charge in [0, 0.05) is 31.8 Å². The molecule has 3 fully saturated rings. The van der Waals surface area contributed by atoms with Crippen LogP contribution in [0.2, 0.25) is 0 Å². The van der Waals surface area contributed by atoms with Crippen LogP contribution >= 0.6 is 0 Å². The van der Waals surface area contributed by atoms with Crippen molar-refractivity contribution in [2.45, 2.75) is 55.8 Å². The van der Waals surface area contributed by atoms with Gasteiger partial charge in [-0.2, -0.15) is 13.5 Å². The molecule has 2 atom stereocenters. The second-order valence-corrected chi connectivity index (χ2v) is 7.72. The van der Waals surface area contributed by atoms with E-state index in [1.54, 1.807) is 0 Å². The third-order valence-electron chi connectivity index (χ3n) is 5.01. The summed E-state index contributed by atoms with van der Waals surface area (Å²) in [5, 5.41) is 4.90. The molecule has 4 aliphatic rings. The molecule has 4 rings (SSSR count). The van der Waals surface area contributed by atoms with Crippen molar-refractivity contribution in [2.75, 3.05) is 6.54 Å². The Balaban J connectivity index is 1.48. The molecule has 11 heteroatoms. The molecule has 1 spiro atoms. The molecular weight excluding hydrogens is 328 g/mol. The maximum atomic E-state index is 12.4. The van der Waals surface area contributed by atoms with Crippen LogP contribution < -0.4 is 5.73 Å². The first-order valence-electron chi connectivity index (χ1n) is 7.54. The van der Waals surface area contributed by atoms with Gasteiger partial charge in [0.25, 0.3) is 0 Å². The Bertz CT molecular complexity index is 673. The van der Waals surface area contributed by atoms with Crippen LogP contribution in [-0.4, -0.2) is 64.9 Å². The molecule has 2 saturated heterocycles. The highest BCUT2D eigenvalue weighted by Crippen LogP contribution is 2.44. The van der Waals surface area contributed by atoms with Crippen LogP contribution in [-0.2, 0) is 19.5 Å². The second-order valence-electron chi connectivity index (χ2n) is 6.71. The second kappa shape index (κ2) is 4.79. The highest BCUT2D eigenvalue weighted by molar-refractivity contribution is 7.80. The molecule has 0 aromatic heterocycles. The van der Waals surface area contributed by atoms with Crippen LogP contribution in [0.5, 0.6) is 0 Å². The van der Waals surface area contributed by atoms with E-state index in [9.17, 15) is 13.2 Å². The van der Waals surface area contributed by atoms with E-state index in [1.165, 1.54) is 4.90 Å². The lowest BCUT2D eigenvalue weighted by molar-refractivity contribution is -0.0856. The minimum Gasteiger partial charge on any atom is -0.389 e. The lowest BCUT2D eigenvalue weighted by atomic mass is 9.72. The quantitative estimate of drug-likeness (QED) is 0.665. The Morgan fingerprint density at radius 3 is 2.78 bits per heavy atom. The van der Waals surface area contributed by atoms with Gasteiger partial charge < -0.3 is 15.5 Å². The number of hydrogen-bond donors (Lipinski definition) is 2. The topological polar surface area (TPSA) is 135 Å². The number of fused-ring (bicyclic) bond motifs is 2. The fraction of sp³-hybridized carbons (Fsp3) is 0.833. The predicted octanol–water partition coefficient (Wildman–Crippen LogP) is -0.374. The number of oxime groups is 1. The average Bonchev–Trinajstić information content (AvgIpc) is 2.95. The summed E-state index contributed by atoms with van der Waals surface area (Å²) >= 11 is 0. The molecule has 2 amide bonds. The molecule has 3 aliphatic heterocycles. The molecule has 0 aromatic rings. The van der Waals surface area contributed by atoms with Crippen molar-refractivity contribution in [1.82, 2.24) is 9.96 Å². The molecule has 3 heterocycles. The molecule has 128 valence electrons. The van der Waals surface area contributed by atoms with Gasteiger partial charge in [0.15, 0.2) is 0 Å². The van der Waals surface area contributed by atoms with E-state index < -0.39 is 22.5 Å². The van der Waals surface area contributed by atoms with E-state index in [2.05, 4.69) is 9.44 Å². The number of urea groups is 1. The normalized spacial score (nSPS) is 39.5.